The molecule has 4 N–H and O–H groups in total. The normalized spacial score (nSPS) is 11.7. The number of carbonyl (C=O) groups is 2. The van der Waals surface area contributed by atoms with E-state index in [1.54, 1.807) is 18.9 Å². The van der Waals surface area contributed by atoms with E-state index in [9.17, 15) is 9.59 Å². The molecule has 8 nitrogen and oxygen atoms in total. The third kappa shape index (κ3) is 21.6. The zero-order valence-corrected chi connectivity index (χ0v) is 19.4. The van der Waals surface area contributed by atoms with Gasteiger partial charge >= 0.3 is 11.9 Å². The zero-order valence-electron chi connectivity index (χ0n) is 19.4. The summed E-state index contributed by atoms with van der Waals surface area (Å²) in [5.74, 6) is -0.895. The Morgan fingerprint density at radius 3 is 1.67 bits per heavy atom. The van der Waals surface area contributed by atoms with Crippen molar-refractivity contribution in [1.82, 2.24) is 10.2 Å². The van der Waals surface area contributed by atoms with Crippen molar-refractivity contribution in [3.8, 4) is 0 Å². The van der Waals surface area contributed by atoms with Gasteiger partial charge in [0.05, 0.1) is 19.8 Å². The number of unbranched alkanes of at least 4 members (excludes halogenated alkanes) is 8. The quantitative estimate of drug-likeness (QED) is 0.147. The highest BCUT2D eigenvalue weighted by atomic mass is 16.6. The molecule has 0 amide bonds. The number of hydrogen-bond donors (Lipinski definition) is 4. The van der Waals surface area contributed by atoms with Crippen LogP contribution in [0.3, 0.4) is 0 Å². The number of esters is 2. The maximum atomic E-state index is 11.4. The van der Waals surface area contributed by atoms with Crippen LogP contribution in [-0.4, -0.2) is 84.7 Å². The Kier molecular flexibility index (Phi) is 25.1. The number of likely N-dealkylation sites (N-methyl/N-ethyl adjacent to an activating group) is 1. The lowest BCUT2D eigenvalue weighted by molar-refractivity contribution is -0.160. The van der Waals surface area contributed by atoms with Crippen LogP contribution in [0.4, 0.5) is 0 Å². The van der Waals surface area contributed by atoms with Crippen LogP contribution < -0.4 is 5.32 Å². The Morgan fingerprint density at radius 1 is 0.833 bits per heavy atom. The van der Waals surface area contributed by atoms with Crippen molar-refractivity contribution >= 4 is 11.9 Å². The summed E-state index contributed by atoms with van der Waals surface area (Å²) in [5, 5.41) is 28.2. The van der Waals surface area contributed by atoms with Crippen LogP contribution in [0, 0.1) is 0 Å². The molecule has 0 aromatic rings. The van der Waals surface area contributed by atoms with Crippen LogP contribution in [0.1, 0.15) is 78.1 Å². The van der Waals surface area contributed by atoms with E-state index in [1.807, 2.05) is 0 Å². The molecule has 8 heteroatoms. The molecule has 1 atom stereocenters. The Hall–Kier alpha value is -1.06. The van der Waals surface area contributed by atoms with Gasteiger partial charge in [0, 0.05) is 26.1 Å². The first kappa shape index (κ1) is 31.1. The summed E-state index contributed by atoms with van der Waals surface area (Å²) in [6, 6.07) is -0.429. The fourth-order valence-corrected chi connectivity index (χ4v) is 2.71. The van der Waals surface area contributed by atoms with Crippen molar-refractivity contribution in [3.63, 3.8) is 0 Å². The lowest BCUT2D eigenvalue weighted by Gasteiger charge is -2.17. The number of rotatable bonds is 18. The lowest BCUT2D eigenvalue weighted by atomic mass is 10.1. The summed E-state index contributed by atoms with van der Waals surface area (Å²) in [6.45, 7) is 5.65. The van der Waals surface area contributed by atoms with Gasteiger partial charge in [0.25, 0.3) is 0 Å². The Balaban J connectivity index is 0. The topological polar surface area (TPSA) is 119 Å². The van der Waals surface area contributed by atoms with E-state index >= 15 is 0 Å². The Morgan fingerprint density at radius 2 is 1.27 bits per heavy atom. The Bertz CT molecular complexity index is 382. The molecule has 0 aromatic heterocycles. The number of aliphatic hydroxyl groups is 3. The van der Waals surface area contributed by atoms with E-state index < -0.39 is 18.0 Å². The molecule has 0 bridgehead atoms. The largest absolute Gasteiger partial charge is 0.395 e. The standard InChI is InChI=1S/C16H31NO3.C6H15NO3/c1-4-5-6-7-8-9-10-11-12-13-15(18)20-16(19)14(2)17-3;8-4-1-7(2-5-9)3-6-10/h14,17H,4-13H2,1-3H3;8-10H,1-6H2. The predicted molar refractivity (Wildman–Crippen MR) is 119 cm³/mol. The number of nitrogens with zero attached hydrogens (tertiary/aromatic N) is 1. The highest BCUT2D eigenvalue weighted by Crippen LogP contribution is 2.10. The van der Waals surface area contributed by atoms with Crippen LogP contribution in [0.2, 0.25) is 0 Å². The van der Waals surface area contributed by atoms with Crippen LogP contribution in [0.15, 0.2) is 0 Å². The molecule has 0 fully saturated rings. The van der Waals surface area contributed by atoms with Gasteiger partial charge in [-0.25, -0.2) is 4.79 Å². The molecule has 0 rings (SSSR count). The van der Waals surface area contributed by atoms with Crippen molar-refractivity contribution in [2.24, 2.45) is 0 Å². The maximum absolute atomic E-state index is 11.4. The number of nitrogens with one attached hydrogen (secondary N) is 1. The van der Waals surface area contributed by atoms with Crippen LogP contribution in [0.5, 0.6) is 0 Å². The van der Waals surface area contributed by atoms with E-state index in [4.69, 9.17) is 20.1 Å². The van der Waals surface area contributed by atoms with Crippen molar-refractivity contribution in [2.75, 3.05) is 46.5 Å². The van der Waals surface area contributed by atoms with Crippen molar-refractivity contribution in [3.05, 3.63) is 0 Å². The summed E-state index contributed by atoms with van der Waals surface area (Å²) in [7, 11) is 1.66. The highest BCUT2D eigenvalue weighted by molar-refractivity contribution is 5.88. The molecule has 0 aliphatic rings. The molecular formula is C22H46N2O6. The van der Waals surface area contributed by atoms with Gasteiger partial charge in [0.2, 0.25) is 0 Å². The Labute approximate surface area is 183 Å². The number of ether oxygens (including phenoxy) is 1. The van der Waals surface area contributed by atoms with Gasteiger partial charge in [-0.3, -0.25) is 9.69 Å². The minimum absolute atomic E-state index is 0.0694. The number of carbonyl (C=O) groups excluding carboxylic acids is 2. The molecule has 0 radical (unpaired) electrons. The van der Waals surface area contributed by atoms with Gasteiger partial charge in [-0.15, -0.1) is 0 Å². The van der Waals surface area contributed by atoms with E-state index in [2.05, 4.69) is 12.2 Å². The number of aliphatic hydroxyl groups excluding tert-OH is 3. The molecule has 0 saturated carbocycles. The second kappa shape index (κ2) is 24.2. The maximum Gasteiger partial charge on any atom is 0.330 e. The summed E-state index contributed by atoms with van der Waals surface area (Å²) in [4.78, 5) is 24.5. The fraction of sp³-hybridized carbons (Fsp3) is 0.909. The lowest BCUT2D eigenvalue weighted by Crippen LogP contribution is -2.33. The van der Waals surface area contributed by atoms with Gasteiger partial charge in [-0.1, -0.05) is 58.3 Å². The molecule has 0 aromatic carbocycles. The predicted octanol–water partition coefficient (Wildman–Crippen LogP) is 1.85. The molecule has 180 valence electrons. The van der Waals surface area contributed by atoms with Gasteiger partial charge in [-0.05, 0) is 20.4 Å². The average molecular weight is 435 g/mol. The second-order valence-electron chi connectivity index (χ2n) is 7.39. The molecule has 0 heterocycles. The monoisotopic (exact) mass is 434 g/mol. The van der Waals surface area contributed by atoms with Crippen molar-refractivity contribution in [2.45, 2.75) is 84.1 Å². The van der Waals surface area contributed by atoms with E-state index in [1.165, 1.54) is 44.9 Å². The average Bonchev–Trinajstić information content (AvgIpc) is 2.73. The molecule has 0 aliphatic heterocycles. The molecule has 0 spiro atoms. The van der Waals surface area contributed by atoms with Gasteiger partial charge < -0.3 is 25.4 Å². The third-order valence-corrected chi connectivity index (χ3v) is 4.73. The summed E-state index contributed by atoms with van der Waals surface area (Å²) in [5.41, 5.74) is 0. The van der Waals surface area contributed by atoms with E-state index in [0.717, 1.165) is 12.8 Å². The van der Waals surface area contributed by atoms with E-state index in [0.29, 0.717) is 26.1 Å². The van der Waals surface area contributed by atoms with Gasteiger partial charge in [0.15, 0.2) is 0 Å². The second-order valence-corrected chi connectivity index (χ2v) is 7.39. The van der Waals surface area contributed by atoms with Crippen molar-refractivity contribution < 1.29 is 29.6 Å². The smallest absolute Gasteiger partial charge is 0.330 e. The number of hydrogen-bond acceptors (Lipinski definition) is 8. The van der Waals surface area contributed by atoms with Gasteiger partial charge in [0.1, 0.15) is 6.04 Å². The molecule has 0 saturated heterocycles. The molecule has 0 aliphatic carbocycles. The van der Waals surface area contributed by atoms with Crippen molar-refractivity contribution in [1.29, 1.82) is 0 Å². The third-order valence-electron chi connectivity index (χ3n) is 4.73. The summed E-state index contributed by atoms with van der Waals surface area (Å²) < 4.78 is 4.73. The van der Waals surface area contributed by atoms with Gasteiger partial charge in [-0.2, -0.15) is 0 Å². The summed E-state index contributed by atoms with van der Waals surface area (Å²) >= 11 is 0. The first-order chi connectivity index (χ1) is 14.5. The van der Waals surface area contributed by atoms with Crippen LogP contribution in [-0.2, 0) is 14.3 Å². The first-order valence-electron chi connectivity index (χ1n) is 11.4. The van der Waals surface area contributed by atoms with Crippen LogP contribution in [0.25, 0.3) is 0 Å². The first-order valence-corrected chi connectivity index (χ1v) is 11.4. The highest BCUT2D eigenvalue weighted by Gasteiger charge is 2.15. The minimum atomic E-state index is -0.492. The molecule has 30 heavy (non-hydrogen) atoms. The fourth-order valence-electron chi connectivity index (χ4n) is 2.71. The SMILES string of the molecule is CCCCCCCCCCCC(=O)OC(=O)C(C)NC.OCCN(CCO)CCO. The van der Waals surface area contributed by atoms with E-state index in [-0.39, 0.29) is 19.8 Å². The summed E-state index contributed by atoms with van der Waals surface area (Å²) in [6.07, 6.45) is 11.2. The molecular weight excluding hydrogens is 388 g/mol. The zero-order chi connectivity index (χ0) is 23.0. The minimum Gasteiger partial charge on any atom is -0.395 e. The molecule has 1 unspecified atom stereocenters. The van der Waals surface area contributed by atoms with Crippen LogP contribution >= 0.6 is 0 Å².